The molecule has 0 atom stereocenters. The number of fused-ring (bicyclic) bond motifs is 1. The molecule has 2 heterocycles. The van der Waals surface area contributed by atoms with Crippen LogP contribution in [-0.2, 0) is 4.74 Å². The van der Waals surface area contributed by atoms with Gasteiger partial charge in [0.15, 0.2) is 0 Å². The second kappa shape index (κ2) is 7.05. The third kappa shape index (κ3) is 3.09. The number of aromatic amines is 1. The molecule has 0 unspecified atom stereocenters. The van der Waals surface area contributed by atoms with E-state index in [9.17, 15) is 4.79 Å². The highest BCUT2D eigenvalue weighted by molar-refractivity contribution is 5.93. The largest absolute Gasteiger partial charge is 0.465 e. The van der Waals surface area contributed by atoms with Crippen molar-refractivity contribution in [1.29, 1.82) is 0 Å². The topological polar surface area (TPSA) is 79.5 Å². The van der Waals surface area contributed by atoms with E-state index in [4.69, 9.17) is 9.47 Å². The molecule has 1 aliphatic heterocycles. The molecule has 7 heteroatoms. The zero-order chi connectivity index (χ0) is 17.9. The summed E-state index contributed by atoms with van der Waals surface area (Å²) in [4.78, 5) is 14.4. The van der Waals surface area contributed by atoms with Crippen LogP contribution in [0.1, 0.15) is 10.4 Å². The van der Waals surface area contributed by atoms with Gasteiger partial charge in [-0.3, -0.25) is 5.10 Å². The number of aromatic nitrogens is 2. The number of ether oxygens (including phenoxy) is 2. The van der Waals surface area contributed by atoms with Crippen LogP contribution in [0.25, 0.3) is 10.9 Å². The maximum Gasteiger partial charge on any atom is 0.341 e. The van der Waals surface area contributed by atoms with Crippen molar-refractivity contribution in [3.8, 4) is 11.5 Å². The first-order chi connectivity index (χ1) is 12.8. The fourth-order valence-corrected chi connectivity index (χ4v) is 3.14. The predicted octanol–water partition coefficient (Wildman–Crippen LogP) is 2.55. The van der Waals surface area contributed by atoms with Gasteiger partial charge in [-0.1, -0.05) is 6.07 Å². The summed E-state index contributed by atoms with van der Waals surface area (Å²) in [6.45, 7) is 3.69. The number of carbonyl (C=O) groups excluding carboxylic acids is 1. The molecule has 0 bridgehead atoms. The average Bonchev–Trinajstić information content (AvgIpc) is 3.18. The molecule has 26 heavy (non-hydrogen) atoms. The second-order valence-corrected chi connectivity index (χ2v) is 6.10. The first kappa shape index (κ1) is 16.4. The Morgan fingerprint density at radius 2 is 2.00 bits per heavy atom. The first-order valence-corrected chi connectivity index (χ1v) is 8.54. The third-order valence-electron chi connectivity index (χ3n) is 4.52. The van der Waals surface area contributed by atoms with Crippen LogP contribution < -0.4 is 15.0 Å². The number of nitrogens with zero attached hydrogens (tertiary/aromatic N) is 2. The van der Waals surface area contributed by atoms with Crippen molar-refractivity contribution in [3.05, 3.63) is 48.2 Å². The summed E-state index contributed by atoms with van der Waals surface area (Å²) in [6.07, 6.45) is 1.71. The Bertz CT molecular complexity index is 931. The number of H-pyrrole nitrogens is 1. The fourth-order valence-electron chi connectivity index (χ4n) is 3.14. The molecule has 0 amide bonds. The SMILES string of the molecule is COC(=O)c1ccc(N2CCNCC2)cc1Oc1cccc2[nH]ncc12. The molecular weight excluding hydrogens is 332 g/mol. The monoisotopic (exact) mass is 352 g/mol. The smallest absolute Gasteiger partial charge is 0.341 e. The Labute approximate surface area is 150 Å². The average molecular weight is 352 g/mol. The number of carbonyl (C=O) groups is 1. The third-order valence-corrected chi connectivity index (χ3v) is 4.52. The molecule has 0 aliphatic carbocycles. The van der Waals surface area contributed by atoms with Gasteiger partial charge in [0.2, 0.25) is 0 Å². The lowest BCUT2D eigenvalue weighted by atomic mass is 10.1. The van der Waals surface area contributed by atoms with Crippen molar-refractivity contribution in [2.75, 3.05) is 38.2 Å². The Morgan fingerprint density at radius 1 is 1.15 bits per heavy atom. The highest BCUT2D eigenvalue weighted by Crippen LogP contribution is 2.34. The van der Waals surface area contributed by atoms with E-state index in [0.717, 1.165) is 42.8 Å². The molecule has 1 aliphatic rings. The first-order valence-electron chi connectivity index (χ1n) is 8.54. The van der Waals surface area contributed by atoms with Crippen LogP contribution in [-0.4, -0.2) is 49.5 Å². The normalized spacial score (nSPS) is 14.4. The van der Waals surface area contributed by atoms with Gasteiger partial charge in [-0.2, -0.15) is 5.10 Å². The van der Waals surface area contributed by atoms with Crippen LogP contribution in [0.5, 0.6) is 11.5 Å². The Hall–Kier alpha value is -3.06. The molecular formula is C19H20N4O3. The van der Waals surface area contributed by atoms with Crippen LogP contribution in [0.2, 0.25) is 0 Å². The molecule has 2 N–H and O–H groups in total. The summed E-state index contributed by atoms with van der Waals surface area (Å²) in [5.74, 6) is 0.687. The Kier molecular flexibility index (Phi) is 4.45. The lowest BCUT2D eigenvalue weighted by Crippen LogP contribution is -2.43. The Morgan fingerprint density at radius 3 is 2.81 bits per heavy atom. The van der Waals surface area contributed by atoms with Crippen molar-refractivity contribution in [2.45, 2.75) is 0 Å². The molecule has 0 saturated carbocycles. The van der Waals surface area contributed by atoms with Crippen molar-refractivity contribution >= 4 is 22.6 Å². The van der Waals surface area contributed by atoms with Gasteiger partial charge in [0.25, 0.3) is 0 Å². The minimum Gasteiger partial charge on any atom is -0.465 e. The molecule has 3 aromatic rings. The van der Waals surface area contributed by atoms with Gasteiger partial charge in [-0.05, 0) is 24.3 Å². The summed E-state index contributed by atoms with van der Waals surface area (Å²) in [6, 6.07) is 11.3. The summed E-state index contributed by atoms with van der Waals surface area (Å²) < 4.78 is 11.0. The van der Waals surface area contributed by atoms with E-state index in [0.29, 0.717) is 17.1 Å². The van der Waals surface area contributed by atoms with Crippen molar-refractivity contribution in [3.63, 3.8) is 0 Å². The minimum absolute atomic E-state index is 0.395. The van der Waals surface area contributed by atoms with E-state index in [1.54, 1.807) is 12.3 Å². The van der Waals surface area contributed by atoms with Crippen molar-refractivity contribution in [1.82, 2.24) is 15.5 Å². The van der Waals surface area contributed by atoms with Gasteiger partial charge >= 0.3 is 5.97 Å². The van der Waals surface area contributed by atoms with Crippen LogP contribution >= 0.6 is 0 Å². The Balaban J connectivity index is 1.73. The molecule has 1 aromatic heterocycles. The summed E-state index contributed by atoms with van der Waals surface area (Å²) in [5, 5.41) is 11.2. The highest BCUT2D eigenvalue weighted by Gasteiger charge is 2.18. The minimum atomic E-state index is -0.425. The van der Waals surface area contributed by atoms with Gasteiger partial charge < -0.3 is 19.7 Å². The molecule has 7 nitrogen and oxygen atoms in total. The summed E-state index contributed by atoms with van der Waals surface area (Å²) in [5.41, 5.74) is 2.29. The number of esters is 1. The maximum absolute atomic E-state index is 12.2. The van der Waals surface area contributed by atoms with Crippen LogP contribution in [0.4, 0.5) is 5.69 Å². The lowest BCUT2D eigenvalue weighted by molar-refractivity contribution is 0.0598. The number of piperazine rings is 1. The molecule has 1 fully saturated rings. The van der Waals surface area contributed by atoms with Crippen molar-refractivity contribution < 1.29 is 14.3 Å². The zero-order valence-corrected chi connectivity index (χ0v) is 14.5. The number of hydrogen-bond acceptors (Lipinski definition) is 6. The zero-order valence-electron chi connectivity index (χ0n) is 14.5. The standard InChI is InChI=1S/C19H20N4O3/c1-25-19(24)14-6-5-13(23-9-7-20-8-10-23)11-18(14)26-17-4-2-3-16-15(17)12-21-22-16/h2-6,11-12,20H,7-10H2,1H3,(H,21,22). The summed E-state index contributed by atoms with van der Waals surface area (Å²) >= 11 is 0. The van der Waals surface area contributed by atoms with Gasteiger partial charge in [-0.25, -0.2) is 4.79 Å². The number of anilines is 1. The van der Waals surface area contributed by atoms with E-state index >= 15 is 0 Å². The van der Waals surface area contributed by atoms with Crippen molar-refractivity contribution in [2.24, 2.45) is 0 Å². The van der Waals surface area contributed by atoms with E-state index in [1.807, 2.05) is 30.3 Å². The number of benzene rings is 2. The van der Waals surface area contributed by atoms with Gasteiger partial charge in [-0.15, -0.1) is 0 Å². The van der Waals surface area contributed by atoms with E-state index < -0.39 is 5.97 Å². The molecule has 4 rings (SSSR count). The van der Waals surface area contributed by atoms with E-state index in [1.165, 1.54) is 7.11 Å². The van der Waals surface area contributed by atoms with Crippen LogP contribution in [0.15, 0.2) is 42.6 Å². The van der Waals surface area contributed by atoms with Crippen LogP contribution in [0.3, 0.4) is 0 Å². The highest BCUT2D eigenvalue weighted by atomic mass is 16.5. The number of nitrogens with one attached hydrogen (secondary N) is 2. The predicted molar refractivity (Wildman–Crippen MR) is 99.0 cm³/mol. The van der Waals surface area contributed by atoms with E-state index in [2.05, 4.69) is 20.4 Å². The molecule has 0 spiro atoms. The molecule has 134 valence electrons. The second-order valence-electron chi connectivity index (χ2n) is 6.10. The van der Waals surface area contributed by atoms with Gasteiger partial charge in [0, 0.05) is 37.9 Å². The fraction of sp³-hybridized carbons (Fsp3) is 0.263. The molecule has 2 aromatic carbocycles. The van der Waals surface area contributed by atoms with Crippen LogP contribution in [0, 0.1) is 0 Å². The number of hydrogen-bond donors (Lipinski definition) is 2. The number of rotatable bonds is 4. The molecule has 0 radical (unpaired) electrons. The lowest BCUT2D eigenvalue weighted by Gasteiger charge is -2.30. The quantitative estimate of drug-likeness (QED) is 0.703. The summed E-state index contributed by atoms with van der Waals surface area (Å²) in [7, 11) is 1.37. The van der Waals surface area contributed by atoms with Gasteiger partial charge in [0.05, 0.1) is 24.2 Å². The molecule has 1 saturated heterocycles. The maximum atomic E-state index is 12.2. The van der Waals surface area contributed by atoms with Gasteiger partial charge in [0.1, 0.15) is 17.1 Å². The van der Waals surface area contributed by atoms with E-state index in [-0.39, 0.29) is 0 Å². The number of methoxy groups -OCH3 is 1.